The van der Waals surface area contributed by atoms with Crippen molar-refractivity contribution in [2.45, 2.75) is 12.2 Å². The molecule has 0 amide bonds. The van der Waals surface area contributed by atoms with Crippen molar-refractivity contribution in [3.05, 3.63) is 24.3 Å². The minimum absolute atomic E-state index is 0.346. The highest BCUT2D eigenvalue weighted by atomic mass is 32.2. The average Bonchev–Trinajstić information content (AvgIpc) is 2.54. The molecule has 1 aliphatic rings. The number of ether oxygens (including phenoxy) is 1. The Morgan fingerprint density at radius 1 is 1.19 bits per heavy atom. The predicted octanol–water partition coefficient (Wildman–Crippen LogP) is 0.528. The summed E-state index contributed by atoms with van der Waals surface area (Å²) in [7, 11) is -1.77. The van der Waals surface area contributed by atoms with E-state index in [0.29, 0.717) is 26.2 Å². The number of aliphatic hydroxyl groups is 1. The van der Waals surface area contributed by atoms with E-state index in [1.807, 2.05) is 24.3 Å². The van der Waals surface area contributed by atoms with Crippen LogP contribution in [0.3, 0.4) is 0 Å². The van der Waals surface area contributed by atoms with Crippen LogP contribution in [0.5, 0.6) is 5.75 Å². The van der Waals surface area contributed by atoms with Crippen LogP contribution in [0.4, 0.5) is 5.69 Å². The Morgan fingerprint density at radius 3 is 2.24 bits per heavy atom. The Hall–Kier alpha value is -1.31. The highest BCUT2D eigenvalue weighted by Gasteiger charge is 2.31. The van der Waals surface area contributed by atoms with E-state index in [1.165, 1.54) is 11.2 Å². The van der Waals surface area contributed by atoms with E-state index in [-0.39, 0.29) is 6.61 Å². The number of anilines is 1. The van der Waals surface area contributed by atoms with Crippen LogP contribution >= 0.6 is 0 Å². The topological polar surface area (TPSA) is 70.1 Å². The number of rotatable bonds is 5. The number of benzene rings is 1. The monoisotopic (exact) mass is 314 g/mol. The number of aliphatic hydroxyl groups excluding tert-OH is 1. The summed E-state index contributed by atoms with van der Waals surface area (Å²) in [5, 5.41) is 8.31. The van der Waals surface area contributed by atoms with Gasteiger partial charge in [0.15, 0.2) is 0 Å². The van der Waals surface area contributed by atoms with Crippen molar-refractivity contribution in [2.24, 2.45) is 0 Å². The van der Waals surface area contributed by atoms with Gasteiger partial charge in [-0.3, -0.25) is 0 Å². The highest BCUT2D eigenvalue weighted by Crippen LogP contribution is 2.21. The first-order valence-electron chi connectivity index (χ1n) is 6.98. The molecule has 0 aliphatic carbocycles. The molecule has 1 unspecified atom stereocenters. The summed E-state index contributed by atoms with van der Waals surface area (Å²) in [6, 6.07) is 7.73. The van der Waals surface area contributed by atoms with Crippen LogP contribution in [0.15, 0.2) is 24.3 Å². The smallest absolute Gasteiger partial charge is 0.219 e. The zero-order chi connectivity index (χ0) is 15.5. The summed E-state index contributed by atoms with van der Waals surface area (Å²) < 4.78 is 30.9. The first-order valence-corrected chi connectivity index (χ1v) is 8.48. The maximum Gasteiger partial charge on any atom is 0.219 e. The van der Waals surface area contributed by atoms with Crippen LogP contribution in [0.25, 0.3) is 0 Å². The Balaban J connectivity index is 1.99. The fourth-order valence-electron chi connectivity index (χ4n) is 2.34. The first kappa shape index (κ1) is 16.1. The van der Waals surface area contributed by atoms with Gasteiger partial charge >= 0.3 is 0 Å². The number of sulfonamides is 1. The number of piperazine rings is 1. The second-order valence-corrected chi connectivity index (χ2v) is 7.47. The van der Waals surface area contributed by atoms with Gasteiger partial charge in [0.25, 0.3) is 0 Å². The Labute approximate surface area is 126 Å². The third-order valence-electron chi connectivity index (χ3n) is 3.80. The van der Waals surface area contributed by atoms with Crippen LogP contribution in [0.1, 0.15) is 6.92 Å². The van der Waals surface area contributed by atoms with Gasteiger partial charge in [0.2, 0.25) is 10.0 Å². The molecule has 0 spiro atoms. The third kappa shape index (κ3) is 3.48. The standard InChI is InChI=1S/C14H22N2O4S/c1-12(11-17)21(18,19)16-9-7-15(8-10-16)13-3-5-14(20-2)6-4-13/h3-6,12,17H,7-11H2,1-2H3. The molecule has 0 aromatic heterocycles. The van der Waals surface area contributed by atoms with Gasteiger partial charge in [0.05, 0.1) is 19.0 Å². The van der Waals surface area contributed by atoms with Crippen molar-refractivity contribution >= 4 is 15.7 Å². The lowest BCUT2D eigenvalue weighted by Gasteiger charge is -2.36. The minimum Gasteiger partial charge on any atom is -0.497 e. The molecule has 1 N–H and O–H groups in total. The van der Waals surface area contributed by atoms with E-state index in [1.54, 1.807) is 7.11 Å². The Kier molecular flexibility index (Phi) is 5.08. The molecule has 1 atom stereocenters. The van der Waals surface area contributed by atoms with Crippen LogP contribution in [-0.2, 0) is 10.0 Å². The molecule has 21 heavy (non-hydrogen) atoms. The largest absolute Gasteiger partial charge is 0.497 e. The maximum absolute atomic E-state index is 12.2. The van der Waals surface area contributed by atoms with Gasteiger partial charge < -0.3 is 14.7 Å². The van der Waals surface area contributed by atoms with Gasteiger partial charge in [0.1, 0.15) is 5.75 Å². The van der Waals surface area contributed by atoms with Crippen molar-refractivity contribution < 1.29 is 18.3 Å². The second kappa shape index (κ2) is 6.64. The molecule has 6 nitrogen and oxygen atoms in total. The maximum atomic E-state index is 12.2. The quantitative estimate of drug-likeness (QED) is 0.858. The van der Waals surface area contributed by atoms with E-state index in [9.17, 15) is 8.42 Å². The predicted molar refractivity (Wildman–Crippen MR) is 82.2 cm³/mol. The average molecular weight is 314 g/mol. The summed E-state index contributed by atoms with van der Waals surface area (Å²) in [5.74, 6) is 0.803. The van der Waals surface area contributed by atoms with Gasteiger partial charge in [-0.15, -0.1) is 0 Å². The molecular weight excluding hydrogens is 292 g/mol. The molecule has 118 valence electrons. The van der Waals surface area contributed by atoms with Gasteiger partial charge in [-0.1, -0.05) is 0 Å². The van der Waals surface area contributed by atoms with Crippen molar-refractivity contribution in [3.63, 3.8) is 0 Å². The summed E-state index contributed by atoms with van der Waals surface area (Å²) >= 11 is 0. The molecule has 1 aromatic rings. The van der Waals surface area contributed by atoms with Gasteiger partial charge in [-0.05, 0) is 31.2 Å². The zero-order valence-corrected chi connectivity index (χ0v) is 13.2. The van der Waals surface area contributed by atoms with E-state index >= 15 is 0 Å². The molecular formula is C14H22N2O4S. The lowest BCUT2D eigenvalue weighted by molar-refractivity contribution is 0.287. The number of hydrogen-bond acceptors (Lipinski definition) is 5. The number of nitrogens with zero attached hydrogens (tertiary/aromatic N) is 2. The van der Waals surface area contributed by atoms with Crippen molar-refractivity contribution in [3.8, 4) is 5.75 Å². The Bertz CT molecular complexity index is 551. The normalized spacial score (nSPS) is 18.5. The van der Waals surface area contributed by atoms with E-state index in [4.69, 9.17) is 9.84 Å². The molecule has 0 bridgehead atoms. The SMILES string of the molecule is COc1ccc(N2CCN(S(=O)(=O)C(C)CO)CC2)cc1. The van der Waals surface area contributed by atoms with Crippen LogP contribution in [0.2, 0.25) is 0 Å². The molecule has 1 saturated heterocycles. The van der Waals surface area contributed by atoms with Crippen LogP contribution < -0.4 is 9.64 Å². The molecule has 7 heteroatoms. The van der Waals surface area contributed by atoms with Gasteiger partial charge in [-0.25, -0.2) is 8.42 Å². The molecule has 2 rings (SSSR count). The van der Waals surface area contributed by atoms with Crippen LogP contribution in [-0.4, -0.2) is 63.0 Å². The van der Waals surface area contributed by atoms with E-state index in [0.717, 1.165) is 11.4 Å². The van der Waals surface area contributed by atoms with E-state index < -0.39 is 15.3 Å². The fourth-order valence-corrected chi connectivity index (χ4v) is 3.71. The molecule has 1 heterocycles. The third-order valence-corrected chi connectivity index (χ3v) is 6.05. The van der Waals surface area contributed by atoms with Gasteiger partial charge in [-0.2, -0.15) is 4.31 Å². The number of hydrogen-bond donors (Lipinski definition) is 1. The summed E-state index contributed by atoms with van der Waals surface area (Å²) in [6.07, 6.45) is 0. The highest BCUT2D eigenvalue weighted by molar-refractivity contribution is 7.89. The molecule has 0 saturated carbocycles. The minimum atomic E-state index is -3.39. The summed E-state index contributed by atoms with van der Waals surface area (Å²) in [5.41, 5.74) is 1.06. The van der Waals surface area contributed by atoms with Crippen LogP contribution in [0, 0.1) is 0 Å². The summed E-state index contributed by atoms with van der Waals surface area (Å²) in [6.45, 7) is 3.36. The summed E-state index contributed by atoms with van der Waals surface area (Å²) in [4.78, 5) is 2.15. The van der Waals surface area contributed by atoms with Gasteiger partial charge in [0, 0.05) is 31.9 Å². The van der Waals surface area contributed by atoms with Crippen molar-refractivity contribution in [1.29, 1.82) is 0 Å². The lowest BCUT2D eigenvalue weighted by Crippen LogP contribution is -2.51. The molecule has 0 radical (unpaired) electrons. The van der Waals surface area contributed by atoms with E-state index in [2.05, 4.69) is 4.90 Å². The first-order chi connectivity index (χ1) is 9.98. The Morgan fingerprint density at radius 2 is 1.76 bits per heavy atom. The lowest BCUT2D eigenvalue weighted by atomic mass is 10.2. The van der Waals surface area contributed by atoms with Crippen molar-refractivity contribution in [2.75, 3.05) is 44.8 Å². The molecule has 1 fully saturated rings. The second-order valence-electron chi connectivity index (χ2n) is 5.12. The fraction of sp³-hybridized carbons (Fsp3) is 0.571. The zero-order valence-electron chi connectivity index (χ0n) is 12.4. The molecule has 1 aromatic carbocycles. The molecule has 1 aliphatic heterocycles. The van der Waals surface area contributed by atoms with Crippen molar-refractivity contribution in [1.82, 2.24) is 4.31 Å². The number of methoxy groups -OCH3 is 1.